The number of hydrogen-bond acceptors (Lipinski definition) is 3. The second-order valence-corrected chi connectivity index (χ2v) is 4.30. The second-order valence-electron chi connectivity index (χ2n) is 4.30. The Morgan fingerprint density at radius 1 is 1.19 bits per heavy atom. The van der Waals surface area contributed by atoms with Gasteiger partial charge in [-0.2, -0.15) is 0 Å². The van der Waals surface area contributed by atoms with E-state index >= 15 is 0 Å². The van der Waals surface area contributed by atoms with Gasteiger partial charge < -0.3 is 14.5 Å². The molecule has 0 N–H and O–H groups in total. The number of ether oxygens (including phenoxy) is 1. The zero-order valence-electron chi connectivity index (χ0n) is 11.0. The highest BCUT2D eigenvalue weighted by Crippen LogP contribution is 2.32. The Balaban J connectivity index is 0.000000606. The van der Waals surface area contributed by atoms with Crippen molar-refractivity contribution in [3.63, 3.8) is 0 Å². The minimum Gasteiger partial charge on any atom is -0.355 e. The number of carbonyl (C=O) groups is 1. The molecule has 2 saturated heterocycles. The third-order valence-electron chi connectivity index (χ3n) is 3.44. The van der Waals surface area contributed by atoms with Gasteiger partial charge in [-0.3, -0.25) is 4.79 Å². The van der Waals surface area contributed by atoms with Gasteiger partial charge in [-0.05, 0) is 7.05 Å². The molecule has 1 amide bonds. The van der Waals surface area contributed by atoms with E-state index in [0.717, 1.165) is 25.9 Å². The summed E-state index contributed by atoms with van der Waals surface area (Å²) < 4.78 is 5.82. The van der Waals surface area contributed by atoms with Crippen LogP contribution in [0.15, 0.2) is 0 Å². The molecule has 0 aromatic heterocycles. The number of rotatable bonds is 0. The lowest BCUT2D eigenvalue weighted by molar-refractivity contribution is -0.204. The van der Waals surface area contributed by atoms with Crippen molar-refractivity contribution in [3.8, 4) is 0 Å². The fourth-order valence-electron chi connectivity index (χ4n) is 2.27. The quantitative estimate of drug-likeness (QED) is 0.627. The molecule has 2 fully saturated rings. The minimum absolute atomic E-state index is 0.223. The Labute approximate surface area is 98.5 Å². The lowest BCUT2D eigenvalue weighted by atomic mass is 9.97. The van der Waals surface area contributed by atoms with Gasteiger partial charge in [0.1, 0.15) is 5.72 Å². The molecule has 94 valence electrons. The molecule has 16 heavy (non-hydrogen) atoms. The van der Waals surface area contributed by atoms with Crippen LogP contribution in [0.2, 0.25) is 0 Å². The summed E-state index contributed by atoms with van der Waals surface area (Å²) >= 11 is 0. The molecule has 4 heteroatoms. The van der Waals surface area contributed by atoms with Crippen LogP contribution in [-0.4, -0.2) is 55.2 Å². The number of nitrogens with zero attached hydrogens (tertiary/aromatic N) is 2. The van der Waals surface area contributed by atoms with Crippen LogP contribution < -0.4 is 0 Å². The Morgan fingerprint density at radius 3 is 2.31 bits per heavy atom. The number of hydrogen-bond donors (Lipinski definition) is 0. The van der Waals surface area contributed by atoms with Gasteiger partial charge >= 0.3 is 0 Å². The first-order valence-corrected chi connectivity index (χ1v) is 6.23. The van der Waals surface area contributed by atoms with E-state index in [1.165, 1.54) is 0 Å². The first kappa shape index (κ1) is 13.5. The maximum absolute atomic E-state index is 11.6. The second kappa shape index (κ2) is 5.64. The van der Waals surface area contributed by atoms with Crippen molar-refractivity contribution in [2.45, 2.75) is 38.8 Å². The van der Waals surface area contributed by atoms with E-state index in [9.17, 15) is 4.79 Å². The molecule has 1 spiro atoms. The number of likely N-dealkylation sites (tertiary alicyclic amines) is 1. The monoisotopic (exact) mass is 228 g/mol. The van der Waals surface area contributed by atoms with Crippen molar-refractivity contribution in [1.82, 2.24) is 9.80 Å². The molecule has 0 aromatic rings. The molecular formula is C12H24N2O2. The largest absolute Gasteiger partial charge is 0.355 e. The molecule has 2 heterocycles. The summed E-state index contributed by atoms with van der Waals surface area (Å²) in [7, 11) is 3.98. The first-order chi connectivity index (χ1) is 7.64. The minimum atomic E-state index is -0.290. The van der Waals surface area contributed by atoms with Gasteiger partial charge in [-0.15, -0.1) is 0 Å². The third-order valence-corrected chi connectivity index (χ3v) is 3.44. The van der Waals surface area contributed by atoms with Gasteiger partial charge in [-0.1, -0.05) is 13.8 Å². The van der Waals surface area contributed by atoms with E-state index < -0.39 is 0 Å². The average Bonchev–Trinajstić information content (AvgIpc) is 2.32. The van der Waals surface area contributed by atoms with Crippen molar-refractivity contribution < 1.29 is 9.53 Å². The predicted molar refractivity (Wildman–Crippen MR) is 64.1 cm³/mol. The van der Waals surface area contributed by atoms with Crippen molar-refractivity contribution in [2.24, 2.45) is 0 Å². The molecule has 2 aliphatic rings. The van der Waals surface area contributed by atoms with E-state index in [1.54, 1.807) is 0 Å². The SMILES string of the molecule is CC.CN1CCC2(CC1)OCCC(=O)N2C. The predicted octanol–water partition coefficient (Wildman–Crippen LogP) is 1.31. The Kier molecular flexibility index (Phi) is 4.74. The van der Waals surface area contributed by atoms with Gasteiger partial charge in [0.2, 0.25) is 5.91 Å². The van der Waals surface area contributed by atoms with Crippen LogP contribution in [0.1, 0.15) is 33.1 Å². The normalized spacial score (nSPS) is 25.2. The molecule has 0 bridgehead atoms. The highest BCUT2D eigenvalue weighted by atomic mass is 16.5. The molecule has 4 nitrogen and oxygen atoms in total. The van der Waals surface area contributed by atoms with Gasteiger partial charge in [0.05, 0.1) is 13.0 Å². The molecule has 0 aromatic carbocycles. The number of piperidine rings is 1. The molecule has 0 atom stereocenters. The van der Waals surface area contributed by atoms with Gasteiger partial charge in [0.15, 0.2) is 0 Å². The summed E-state index contributed by atoms with van der Waals surface area (Å²) in [5, 5.41) is 0. The lowest BCUT2D eigenvalue weighted by Crippen LogP contribution is -2.59. The Morgan fingerprint density at radius 2 is 1.75 bits per heavy atom. The van der Waals surface area contributed by atoms with E-state index in [0.29, 0.717) is 13.0 Å². The molecule has 0 unspecified atom stereocenters. The Hall–Kier alpha value is -0.610. The van der Waals surface area contributed by atoms with Crippen molar-refractivity contribution in [2.75, 3.05) is 33.8 Å². The zero-order valence-corrected chi connectivity index (χ0v) is 11.0. The zero-order chi connectivity index (χ0) is 12.2. The van der Waals surface area contributed by atoms with Gasteiger partial charge in [0, 0.05) is 33.0 Å². The van der Waals surface area contributed by atoms with Gasteiger partial charge in [0.25, 0.3) is 0 Å². The van der Waals surface area contributed by atoms with Crippen molar-refractivity contribution in [1.29, 1.82) is 0 Å². The summed E-state index contributed by atoms with van der Waals surface area (Å²) in [5.41, 5.74) is -0.290. The van der Waals surface area contributed by atoms with Crippen LogP contribution in [-0.2, 0) is 9.53 Å². The van der Waals surface area contributed by atoms with E-state index in [-0.39, 0.29) is 11.6 Å². The molecule has 0 saturated carbocycles. The fraction of sp³-hybridized carbons (Fsp3) is 0.917. The highest BCUT2D eigenvalue weighted by molar-refractivity contribution is 5.77. The van der Waals surface area contributed by atoms with Crippen LogP contribution >= 0.6 is 0 Å². The summed E-state index contributed by atoms with van der Waals surface area (Å²) in [4.78, 5) is 15.7. The first-order valence-electron chi connectivity index (χ1n) is 6.23. The maximum Gasteiger partial charge on any atom is 0.226 e. The van der Waals surface area contributed by atoms with E-state index in [4.69, 9.17) is 4.74 Å². The average molecular weight is 228 g/mol. The highest BCUT2D eigenvalue weighted by Gasteiger charge is 2.43. The van der Waals surface area contributed by atoms with Crippen LogP contribution in [0.3, 0.4) is 0 Å². The molecule has 2 aliphatic heterocycles. The van der Waals surface area contributed by atoms with Crippen molar-refractivity contribution in [3.05, 3.63) is 0 Å². The van der Waals surface area contributed by atoms with Gasteiger partial charge in [-0.25, -0.2) is 0 Å². The van der Waals surface area contributed by atoms with Crippen LogP contribution in [0, 0.1) is 0 Å². The fourth-order valence-corrected chi connectivity index (χ4v) is 2.27. The lowest BCUT2D eigenvalue weighted by Gasteiger charge is -2.48. The number of amides is 1. The summed E-state index contributed by atoms with van der Waals surface area (Å²) in [6, 6.07) is 0. The molecule has 0 radical (unpaired) electrons. The van der Waals surface area contributed by atoms with Crippen LogP contribution in [0.5, 0.6) is 0 Å². The standard InChI is InChI=1S/C10H18N2O2.C2H6/c1-11-6-4-10(5-7-11)12(2)9(13)3-8-14-10;1-2/h3-8H2,1-2H3;1-2H3. The number of carbonyl (C=O) groups excluding carboxylic acids is 1. The Bertz CT molecular complexity index is 235. The van der Waals surface area contributed by atoms with Crippen LogP contribution in [0.4, 0.5) is 0 Å². The van der Waals surface area contributed by atoms with Crippen molar-refractivity contribution >= 4 is 5.91 Å². The van der Waals surface area contributed by atoms with E-state index in [2.05, 4.69) is 11.9 Å². The summed E-state index contributed by atoms with van der Waals surface area (Å²) in [5.74, 6) is 0.223. The molecular weight excluding hydrogens is 204 g/mol. The smallest absolute Gasteiger partial charge is 0.226 e. The summed E-state index contributed by atoms with van der Waals surface area (Å²) in [6.45, 7) is 6.61. The summed E-state index contributed by atoms with van der Waals surface area (Å²) in [6.07, 6.45) is 2.41. The van der Waals surface area contributed by atoms with E-state index in [1.807, 2.05) is 25.8 Å². The third kappa shape index (κ3) is 2.55. The maximum atomic E-state index is 11.6. The molecule has 2 rings (SSSR count). The molecule has 0 aliphatic carbocycles. The van der Waals surface area contributed by atoms with Crippen LogP contribution in [0.25, 0.3) is 0 Å². The topological polar surface area (TPSA) is 32.8 Å².